The third-order valence-electron chi connectivity index (χ3n) is 4.40. The van der Waals surface area contributed by atoms with Crippen molar-refractivity contribution in [3.63, 3.8) is 0 Å². The molecule has 0 aliphatic carbocycles. The smallest absolute Gasteiger partial charge is 0.255 e. The van der Waals surface area contributed by atoms with Gasteiger partial charge in [-0.1, -0.05) is 6.92 Å². The highest BCUT2D eigenvalue weighted by Crippen LogP contribution is 2.23. The first-order chi connectivity index (χ1) is 11.4. The van der Waals surface area contributed by atoms with Gasteiger partial charge in [-0.15, -0.1) is 0 Å². The van der Waals surface area contributed by atoms with E-state index in [9.17, 15) is 13.2 Å². The number of hydrogen-bond acceptors (Lipinski definition) is 5. The van der Waals surface area contributed by atoms with Gasteiger partial charge in [-0.05, 0) is 51.2 Å². The summed E-state index contributed by atoms with van der Waals surface area (Å²) in [5.74, 6) is 0.0179. The van der Waals surface area contributed by atoms with Gasteiger partial charge in [-0.2, -0.15) is 0 Å². The van der Waals surface area contributed by atoms with E-state index >= 15 is 0 Å². The van der Waals surface area contributed by atoms with Crippen LogP contribution in [0.1, 0.15) is 30.1 Å². The molecular weight excluding hydrogens is 330 g/mol. The van der Waals surface area contributed by atoms with Crippen molar-refractivity contribution in [2.45, 2.75) is 30.7 Å². The predicted molar refractivity (Wildman–Crippen MR) is 91.8 cm³/mol. The Morgan fingerprint density at radius 1 is 1.42 bits per heavy atom. The Labute approximate surface area is 143 Å². The molecule has 1 aromatic rings. The van der Waals surface area contributed by atoms with E-state index in [0.717, 1.165) is 25.9 Å². The molecule has 0 radical (unpaired) electrons. The highest BCUT2D eigenvalue weighted by Gasteiger charge is 2.24. The van der Waals surface area contributed by atoms with Crippen molar-refractivity contribution in [3.8, 4) is 5.75 Å². The number of rotatable bonds is 7. The standard InChI is InChI=1S/C16H25N3O4S/c1-4-19-9-5-6-12(19)11-18-16(20)14-10-13(24(21,22)17-2)7-8-15(14)23-3/h7-8,10,12,17H,4-6,9,11H2,1-3H3,(H,18,20)/t12-/m1/s1. The molecule has 0 aromatic heterocycles. The lowest BCUT2D eigenvalue weighted by Crippen LogP contribution is -2.40. The fourth-order valence-electron chi connectivity index (χ4n) is 3.00. The van der Waals surface area contributed by atoms with Crippen LogP contribution >= 0.6 is 0 Å². The maximum Gasteiger partial charge on any atom is 0.255 e. The lowest BCUT2D eigenvalue weighted by molar-refractivity contribution is 0.0938. The molecule has 7 nitrogen and oxygen atoms in total. The van der Waals surface area contributed by atoms with Crippen LogP contribution in [0, 0.1) is 0 Å². The summed E-state index contributed by atoms with van der Waals surface area (Å²) in [6.07, 6.45) is 2.19. The molecule has 1 atom stereocenters. The molecule has 1 saturated heterocycles. The Hall–Kier alpha value is -1.64. The minimum absolute atomic E-state index is 0.0343. The molecule has 1 aliphatic heterocycles. The molecule has 1 aromatic carbocycles. The Morgan fingerprint density at radius 3 is 2.79 bits per heavy atom. The summed E-state index contributed by atoms with van der Waals surface area (Å²) < 4.78 is 31.3. The maximum atomic E-state index is 12.5. The second-order valence-corrected chi connectivity index (χ2v) is 7.59. The molecule has 1 aliphatic rings. The van der Waals surface area contributed by atoms with Gasteiger partial charge >= 0.3 is 0 Å². The molecule has 8 heteroatoms. The van der Waals surface area contributed by atoms with Gasteiger partial charge in [0.2, 0.25) is 10.0 Å². The average Bonchev–Trinajstić information content (AvgIpc) is 3.06. The lowest BCUT2D eigenvalue weighted by atomic mass is 10.1. The fraction of sp³-hybridized carbons (Fsp3) is 0.562. The number of methoxy groups -OCH3 is 1. The van der Waals surface area contributed by atoms with Crippen LogP contribution in [0.25, 0.3) is 0 Å². The number of carbonyl (C=O) groups is 1. The van der Waals surface area contributed by atoms with Gasteiger partial charge in [0.25, 0.3) is 5.91 Å². The van der Waals surface area contributed by atoms with Gasteiger partial charge in [-0.3, -0.25) is 9.69 Å². The van der Waals surface area contributed by atoms with Crippen molar-refractivity contribution in [1.29, 1.82) is 0 Å². The Morgan fingerprint density at radius 2 is 2.17 bits per heavy atom. The van der Waals surface area contributed by atoms with Crippen molar-refractivity contribution in [2.75, 3.05) is 33.8 Å². The quantitative estimate of drug-likeness (QED) is 0.756. The van der Waals surface area contributed by atoms with E-state index in [1.54, 1.807) is 0 Å². The van der Waals surface area contributed by atoms with Gasteiger partial charge in [0.15, 0.2) is 0 Å². The van der Waals surface area contributed by atoms with Crippen LogP contribution < -0.4 is 14.8 Å². The second-order valence-electron chi connectivity index (χ2n) is 5.70. The van der Waals surface area contributed by atoms with E-state index in [1.165, 1.54) is 32.4 Å². The van der Waals surface area contributed by atoms with Crippen molar-refractivity contribution in [2.24, 2.45) is 0 Å². The lowest BCUT2D eigenvalue weighted by Gasteiger charge is -2.23. The van der Waals surface area contributed by atoms with Gasteiger partial charge in [0.05, 0.1) is 17.6 Å². The number of likely N-dealkylation sites (tertiary alicyclic amines) is 1. The van der Waals surface area contributed by atoms with E-state index in [-0.39, 0.29) is 16.4 Å². The fourth-order valence-corrected chi connectivity index (χ4v) is 3.75. The Balaban J connectivity index is 2.17. The molecule has 2 rings (SSSR count). The first-order valence-corrected chi connectivity index (χ1v) is 9.55. The van der Waals surface area contributed by atoms with Gasteiger partial charge in [0.1, 0.15) is 5.75 Å². The summed E-state index contributed by atoms with van der Waals surface area (Å²) in [5, 5.41) is 2.90. The van der Waals surface area contributed by atoms with Crippen LogP contribution in [0.3, 0.4) is 0 Å². The van der Waals surface area contributed by atoms with Crippen molar-refractivity contribution < 1.29 is 17.9 Å². The first-order valence-electron chi connectivity index (χ1n) is 8.06. The van der Waals surface area contributed by atoms with Crippen molar-refractivity contribution >= 4 is 15.9 Å². The monoisotopic (exact) mass is 355 g/mol. The third-order valence-corrected chi connectivity index (χ3v) is 5.81. The predicted octanol–water partition coefficient (Wildman–Crippen LogP) is 0.817. The molecule has 1 heterocycles. The molecule has 0 bridgehead atoms. The molecule has 24 heavy (non-hydrogen) atoms. The summed E-state index contributed by atoms with van der Waals surface area (Å²) in [7, 11) is -0.832. The molecule has 1 fully saturated rings. The van der Waals surface area contributed by atoms with E-state index in [4.69, 9.17) is 4.74 Å². The van der Waals surface area contributed by atoms with E-state index in [1.807, 2.05) is 0 Å². The van der Waals surface area contributed by atoms with E-state index in [2.05, 4.69) is 21.9 Å². The first kappa shape index (κ1) is 18.7. The number of hydrogen-bond donors (Lipinski definition) is 2. The SMILES string of the molecule is CCN1CCC[C@@H]1CNC(=O)c1cc(S(=O)(=O)NC)ccc1OC. The molecule has 0 spiro atoms. The highest BCUT2D eigenvalue weighted by molar-refractivity contribution is 7.89. The highest BCUT2D eigenvalue weighted by atomic mass is 32.2. The normalized spacial score (nSPS) is 18.5. The minimum atomic E-state index is -3.62. The number of ether oxygens (including phenoxy) is 1. The van der Waals surface area contributed by atoms with E-state index in [0.29, 0.717) is 18.3 Å². The van der Waals surface area contributed by atoms with Gasteiger partial charge < -0.3 is 10.1 Å². The third kappa shape index (κ3) is 4.06. The van der Waals surface area contributed by atoms with Crippen LogP contribution in [-0.2, 0) is 10.0 Å². The number of sulfonamides is 1. The van der Waals surface area contributed by atoms with Gasteiger partial charge in [-0.25, -0.2) is 13.1 Å². The number of nitrogens with one attached hydrogen (secondary N) is 2. The minimum Gasteiger partial charge on any atom is -0.496 e. The Kier molecular flexibility index (Phi) is 6.20. The molecule has 1 amide bonds. The Bertz CT molecular complexity index is 691. The van der Waals surface area contributed by atoms with Crippen LogP contribution in [0.4, 0.5) is 0 Å². The number of carbonyl (C=O) groups excluding carboxylic acids is 1. The summed E-state index contributed by atoms with van der Waals surface area (Å²) in [4.78, 5) is 14.9. The van der Waals surface area contributed by atoms with Crippen LogP contribution in [-0.4, -0.2) is 59.1 Å². The number of amides is 1. The maximum absolute atomic E-state index is 12.5. The molecular formula is C16H25N3O4S. The van der Waals surface area contributed by atoms with Crippen molar-refractivity contribution in [1.82, 2.24) is 14.9 Å². The van der Waals surface area contributed by atoms with Gasteiger partial charge in [0, 0.05) is 12.6 Å². The zero-order valence-electron chi connectivity index (χ0n) is 14.3. The summed E-state index contributed by atoms with van der Waals surface area (Å²) >= 11 is 0. The molecule has 2 N–H and O–H groups in total. The zero-order chi connectivity index (χ0) is 17.7. The molecule has 0 unspecified atom stereocenters. The number of nitrogens with zero attached hydrogens (tertiary/aromatic N) is 1. The van der Waals surface area contributed by atoms with Crippen molar-refractivity contribution in [3.05, 3.63) is 23.8 Å². The summed E-state index contributed by atoms with van der Waals surface area (Å²) in [5.41, 5.74) is 0.217. The van der Waals surface area contributed by atoms with E-state index < -0.39 is 10.0 Å². The largest absolute Gasteiger partial charge is 0.496 e. The number of benzene rings is 1. The van der Waals surface area contributed by atoms with Crippen LogP contribution in [0.2, 0.25) is 0 Å². The van der Waals surface area contributed by atoms with Crippen LogP contribution in [0.15, 0.2) is 23.1 Å². The summed E-state index contributed by atoms with van der Waals surface area (Å²) in [6.45, 7) is 4.66. The second kappa shape index (κ2) is 7.96. The van der Waals surface area contributed by atoms with Crippen LogP contribution in [0.5, 0.6) is 5.75 Å². The summed E-state index contributed by atoms with van der Waals surface area (Å²) in [6, 6.07) is 4.57. The topological polar surface area (TPSA) is 87.7 Å². The average molecular weight is 355 g/mol. The molecule has 0 saturated carbocycles. The molecule has 134 valence electrons. The number of likely N-dealkylation sites (N-methyl/N-ethyl adjacent to an activating group) is 1. The zero-order valence-corrected chi connectivity index (χ0v) is 15.1.